The van der Waals surface area contributed by atoms with E-state index in [4.69, 9.17) is 19.9 Å². The van der Waals surface area contributed by atoms with E-state index in [0.717, 1.165) is 25.9 Å². The molecule has 2 aromatic heterocycles. The molecule has 1 saturated carbocycles. The highest BCUT2D eigenvalue weighted by atomic mass is 16.8. The molecule has 2 aromatic rings. The lowest BCUT2D eigenvalue weighted by molar-refractivity contribution is -0.203. The van der Waals surface area contributed by atoms with E-state index in [9.17, 15) is 0 Å². The van der Waals surface area contributed by atoms with Gasteiger partial charge in [-0.05, 0) is 33.2 Å². The minimum absolute atomic E-state index is 0.109. The number of hydrogen-bond donors (Lipinski definition) is 2. The molecule has 3 N–H and O–H groups in total. The largest absolute Gasteiger partial charge is 0.382 e. The summed E-state index contributed by atoms with van der Waals surface area (Å²) in [6.07, 6.45) is 4.55. The molecule has 27 heavy (non-hydrogen) atoms. The average molecular weight is 374 g/mol. The van der Waals surface area contributed by atoms with Crippen LogP contribution in [0.15, 0.2) is 12.7 Å². The van der Waals surface area contributed by atoms with Gasteiger partial charge in [0.15, 0.2) is 23.5 Å². The lowest BCUT2D eigenvalue weighted by atomic mass is 10.1. The standard InChI is InChI=1S/C18H26N6O3/c1-4-5-20-7-10-6-18(10)13-12(25-17(2,3)26-13)16(27-18)24-9-23-11-14(19)21-8-22-15(11)24/h8-10,12-13,16,20H,4-7H2,1-3H3,(H2,19,21,22)/t10-,12?,13?,16?,18+/m1/s1. The summed E-state index contributed by atoms with van der Waals surface area (Å²) in [7, 11) is 0. The van der Waals surface area contributed by atoms with E-state index >= 15 is 0 Å². The van der Waals surface area contributed by atoms with Crippen LogP contribution >= 0.6 is 0 Å². The fourth-order valence-electron chi connectivity index (χ4n) is 4.52. The second-order valence-corrected chi connectivity index (χ2v) is 8.17. The Balaban J connectivity index is 1.48. The van der Waals surface area contributed by atoms with E-state index in [0.29, 0.717) is 22.9 Å². The van der Waals surface area contributed by atoms with Crippen LogP contribution in [0.4, 0.5) is 5.82 Å². The Bertz CT molecular complexity index is 870. The number of aromatic nitrogens is 4. The van der Waals surface area contributed by atoms with Crippen LogP contribution in [-0.2, 0) is 14.2 Å². The molecule has 3 fully saturated rings. The zero-order valence-electron chi connectivity index (χ0n) is 15.9. The van der Waals surface area contributed by atoms with Crippen LogP contribution < -0.4 is 11.1 Å². The number of imidazole rings is 1. The Kier molecular flexibility index (Phi) is 3.74. The van der Waals surface area contributed by atoms with Gasteiger partial charge in [-0.15, -0.1) is 0 Å². The number of fused-ring (bicyclic) bond motifs is 3. The second kappa shape index (κ2) is 5.84. The van der Waals surface area contributed by atoms with Crippen molar-refractivity contribution in [1.29, 1.82) is 0 Å². The van der Waals surface area contributed by atoms with Gasteiger partial charge in [0.25, 0.3) is 0 Å². The van der Waals surface area contributed by atoms with Crippen molar-refractivity contribution in [3.05, 3.63) is 12.7 Å². The Morgan fingerprint density at radius 3 is 2.93 bits per heavy atom. The molecular weight excluding hydrogens is 348 g/mol. The van der Waals surface area contributed by atoms with Gasteiger partial charge in [-0.25, -0.2) is 15.0 Å². The SMILES string of the molecule is CCCNC[C@H]1C[C@]12OC(n1cnc3c(N)ncnc31)C1OC(C)(C)OC12. The van der Waals surface area contributed by atoms with Crippen LogP contribution in [-0.4, -0.2) is 56.2 Å². The number of rotatable bonds is 5. The summed E-state index contributed by atoms with van der Waals surface area (Å²) in [5, 5.41) is 3.50. The van der Waals surface area contributed by atoms with Crippen molar-refractivity contribution in [2.24, 2.45) is 5.92 Å². The summed E-state index contributed by atoms with van der Waals surface area (Å²) in [6.45, 7) is 8.01. The van der Waals surface area contributed by atoms with Gasteiger partial charge in [0.2, 0.25) is 0 Å². The van der Waals surface area contributed by atoms with E-state index in [1.54, 1.807) is 6.33 Å². The fraction of sp³-hybridized carbons (Fsp3) is 0.722. The van der Waals surface area contributed by atoms with Crippen LogP contribution in [0.2, 0.25) is 0 Å². The Morgan fingerprint density at radius 2 is 2.11 bits per heavy atom. The minimum Gasteiger partial charge on any atom is -0.382 e. The topological polar surface area (TPSA) is 109 Å². The van der Waals surface area contributed by atoms with E-state index in [2.05, 4.69) is 27.2 Å². The first kappa shape index (κ1) is 17.3. The molecule has 0 amide bonds. The summed E-state index contributed by atoms with van der Waals surface area (Å²) in [5.41, 5.74) is 6.85. The average Bonchev–Trinajstić information content (AvgIpc) is 2.90. The molecule has 5 rings (SSSR count). The van der Waals surface area contributed by atoms with Crippen molar-refractivity contribution < 1.29 is 14.2 Å². The normalized spacial score (nSPS) is 36.6. The maximum Gasteiger partial charge on any atom is 0.167 e. The molecule has 3 unspecified atom stereocenters. The van der Waals surface area contributed by atoms with Crippen LogP contribution in [0, 0.1) is 5.92 Å². The van der Waals surface area contributed by atoms with Crippen molar-refractivity contribution in [3.63, 3.8) is 0 Å². The molecule has 9 heteroatoms. The molecule has 0 radical (unpaired) electrons. The van der Waals surface area contributed by atoms with E-state index in [1.807, 2.05) is 18.4 Å². The summed E-state index contributed by atoms with van der Waals surface area (Å²) < 4.78 is 21.0. The van der Waals surface area contributed by atoms with Crippen LogP contribution in [0.3, 0.4) is 0 Å². The van der Waals surface area contributed by atoms with Crippen LogP contribution in [0.5, 0.6) is 0 Å². The first-order chi connectivity index (χ1) is 13.0. The quantitative estimate of drug-likeness (QED) is 0.752. The van der Waals surface area contributed by atoms with Gasteiger partial charge in [0.1, 0.15) is 29.7 Å². The maximum absolute atomic E-state index is 6.59. The molecule has 9 nitrogen and oxygen atoms in total. The number of nitrogens with zero attached hydrogens (tertiary/aromatic N) is 4. The zero-order chi connectivity index (χ0) is 18.8. The molecular formula is C18H26N6O3. The van der Waals surface area contributed by atoms with Crippen LogP contribution in [0.25, 0.3) is 11.2 Å². The summed E-state index contributed by atoms with van der Waals surface area (Å²) >= 11 is 0. The minimum atomic E-state index is -0.640. The highest BCUT2D eigenvalue weighted by molar-refractivity contribution is 5.81. The molecule has 1 aliphatic carbocycles. The predicted octanol–water partition coefficient (Wildman–Crippen LogP) is 1.22. The number of nitrogens with two attached hydrogens (primary N) is 1. The van der Waals surface area contributed by atoms with Crippen molar-refractivity contribution >= 4 is 17.0 Å². The second-order valence-electron chi connectivity index (χ2n) is 8.17. The summed E-state index contributed by atoms with van der Waals surface area (Å²) in [5.74, 6) is 0.132. The van der Waals surface area contributed by atoms with E-state index in [-0.39, 0.29) is 24.0 Å². The third-order valence-corrected chi connectivity index (χ3v) is 5.81. The number of ether oxygens (including phenoxy) is 3. The van der Waals surface area contributed by atoms with E-state index < -0.39 is 5.79 Å². The van der Waals surface area contributed by atoms with Crippen molar-refractivity contribution in [2.45, 2.75) is 63.4 Å². The highest BCUT2D eigenvalue weighted by Gasteiger charge is 2.73. The molecule has 0 aromatic carbocycles. The van der Waals surface area contributed by atoms with E-state index in [1.165, 1.54) is 6.33 Å². The number of nitrogens with one attached hydrogen (secondary N) is 1. The smallest absolute Gasteiger partial charge is 0.167 e. The first-order valence-corrected chi connectivity index (χ1v) is 9.62. The number of nitrogen functional groups attached to an aromatic ring is 1. The van der Waals surface area contributed by atoms with Gasteiger partial charge in [-0.1, -0.05) is 6.92 Å². The van der Waals surface area contributed by atoms with Crippen molar-refractivity contribution in [3.8, 4) is 0 Å². The lowest BCUT2D eigenvalue weighted by Gasteiger charge is -2.25. The number of anilines is 1. The molecule has 3 aliphatic rings. The highest BCUT2D eigenvalue weighted by Crippen LogP contribution is 2.62. The predicted molar refractivity (Wildman–Crippen MR) is 97.7 cm³/mol. The Morgan fingerprint density at radius 1 is 1.26 bits per heavy atom. The molecule has 5 atom stereocenters. The zero-order valence-corrected chi connectivity index (χ0v) is 15.9. The van der Waals surface area contributed by atoms with Gasteiger partial charge in [0, 0.05) is 12.5 Å². The van der Waals surface area contributed by atoms with Gasteiger partial charge in [0.05, 0.1) is 6.33 Å². The van der Waals surface area contributed by atoms with Gasteiger partial charge < -0.3 is 25.3 Å². The first-order valence-electron chi connectivity index (χ1n) is 9.62. The molecule has 1 spiro atoms. The fourth-order valence-corrected chi connectivity index (χ4v) is 4.52. The Hall–Kier alpha value is -1.81. The van der Waals surface area contributed by atoms with Gasteiger partial charge in [-0.3, -0.25) is 4.57 Å². The lowest BCUT2D eigenvalue weighted by Crippen LogP contribution is -2.35. The summed E-state index contributed by atoms with van der Waals surface area (Å²) in [6, 6.07) is 0. The van der Waals surface area contributed by atoms with Crippen molar-refractivity contribution in [2.75, 3.05) is 18.8 Å². The molecule has 2 aliphatic heterocycles. The van der Waals surface area contributed by atoms with Gasteiger partial charge >= 0.3 is 0 Å². The molecule has 0 bridgehead atoms. The Labute approximate surface area is 157 Å². The third kappa shape index (κ3) is 2.56. The van der Waals surface area contributed by atoms with Gasteiger partial charge in [-0.2, -0.15) is 0 Å². The van der Waals surface area contributed by atoms with Crippen molar-refractivity contribution in [1.82, 2.24) is 24.8 Å². The molecule has 2 saturated heterocycles. The maximum atomic E-state index is 6.59. The summed E-state index contributed by atoms with van der Waals surface area (Å²) in [4.78, 5) is 12.8. The van der Waals surface area contributed by atoms with Crippen LogP contribution in [0.1, 0.15) is 39.8 Å². The molecule has 4 heterocycles. The number of hydrogen-bond acceptors (Lipinski definition) is 8. The monoisotopic (exact) mass is 374 g/mol. The third-order valence-electron chi connectivity index (χ3n) is 5.81. The molecule has 146 valence electrons.